The van der Waals surface area contributed by atoms with E-state index in [2.05, 4.69) is 17.4 Å². The Morgan fingerprint density at radius 1 is 1.04 bits per heavy atom. The van der Waals surface area contributed by atoms with Crippen LogP contribution in [0, 0.1) is 0 Å². The Morgan fingerprint density at radius 3 is 2.22 bits per heavy atom. The van der Waals surface area contributed by atoms with E-state index >= 15 is 0 Å². The first-order valence-electron chi connectivity index (χ1n) is 8.82. The summed E-state index contributed by atoms with van der Waals surface area (Å²) in [4.78, 5) is 25.8. The minimum absolute atomic E-state index is 0.0188. The summed E-state index contributed by atoms with van der Waals surface area (Å²) in [6.07, 6.45) is 0. The maximum atomic E-state index is 12.5. The van der Waals surface area contributed by atoms with Crippen LogP contribution in [0.3, 0.4) is 0 Å². The lowest BCUT2D eigenvalue weighted by molar-refractivity contribution is -0.132. The van der Waals surface area contributed by atoms with Crippen LogP contribution in [0.2, 0.25) is 5.02 Å². The summed E-state index contributed by atoms with van der Waals surface area (Å²) in [6.45, 7) is 3.85. The summed E-state index contributed by atoms with van der Waals surface area (Å²) in [5, 5.41) is 3.50. The topological polar surface area (TPSA) is 49.4 Å². The van der Waals surface area contributed by atoms with Crippen molar-refractivity contribution < 1.29 is 9.59 Å². The summed E-state index contributed by atoms with van der Waals surface area (Å²) in [6, 6.07) is 17.8. The normalized spacial score (nSPS) is 11.9. The zero-order valence-electron chi connectivity index (χ0n) is 15.8. The van der Waals surface area contributed by atoms with Gasteiger partial charge in [0.2, 0.25) is 11.8 Å². The summed E-state index contributed by atoms with van der Waals surface area (Å²) < 4.78 is 0. The molecule has 2 rings (SSSR count). The summed E-state index contributed by atoms with van der Waals surface area (Å²) >= 11 is 7.56. The van der Waals surface area contributed by atoms with Crippen LogP contribution in [0.1, 0.15) is 30.2 Å². The molecule has 0 heterocycles. The van der Waals surface area contributed by atoms with E-state index in [9.17, 15) is 9.59 Å². The fourth-order valence-corrected chi connectivity index (χ4v) is 3.94. The number of rotatable bonds is 8. The number of nitrogens with one attached hydrogen (secondary N) is 1. The van der Waals surface area contributed by atoms with Crippen LogP contribution in [0.4, 0.5) is 0 Å². The highest BCUT2D eigenvalue weighted by Crippen LogP contribution is 2.36. The van der Waals surface area contributed by atoms with Crippen LogP contribution in [0.5, 0.6) is 0 Å². The molecule has 0 radical (unpaired) electrons. The van der Waals surface area contributed by atoms with Gasteiger partial charge < -0.3 is 10.2 Å². The molecule has 0 unspecified atom stereocenters. The molecule has 1 N–H and O–H groups in total. The van der Waals surface area contributed by atoms with Gasteiger partial charge in [-0.1, -0.05) is 54.1 Å². The standard InChI is InChI=1S/C21H25ClN2O2S/c1-15(2)23-19(25)13-24(3)20(26)14-27-21(16-7-5-4-6-8-16)17-9-11-18(22)12-10-17/h4-12,15,21H,13-14H2,1-3H3,(H,23,25)/t21-/m1/s1. The predicted molar refractivity (Wildman–Crippen MR) is 113 cm³/mol. The third-order valence-electron chi connectivity index (χ3n) is 3.90. The number of nitrogens with zero attached hydrogens (tertiary/aromatic N) is 1. The van der Waals surface area contributed by atoms with Crippen LogP contribution in [-0.4, -0.2) is 42.1 Å². The van der Waals surface area contributed by atoms with Crippen molar-refractivity contribution in [2.45, 2.75) is 25.1 Å². The largest absolute Gasteiger partial charge is 0.352 e. The number of carbonyl (C=O) groups is 2. The van der Waals surface area contributed by atoms with Gasteiger partial charge in [0.05, 0.1) is 17.5 Å². The molecule has 0 saturated heterocycles. The Morgan fingerprint density at radius 2 is 1.63 bits per heavy atom. The fourth-order valence-electron chi connectivity index (χ4n) is 2.59. The maximum absolute atomic E-state index is 12.5. The monoisotopic (exact) mass is 404 g/mol. The van der Waals surface area contributed by atoms with E-state index < -0.39 is 0 Å². The fraction of sp³-hybridized carbons (Fsp3) is 0.333. The highest BCUT2D eigenvalue weighted by Gasteiger charge is 2.19. The van der Waals surface area contributed by atoms with Gasteiger partial charge in [-0.25, -0.2) is 0 Å². The average Bonchev–Trinajstić information content (AvgIpc) is 2.63. The third-order valence-corrected chi connectivity index (χ3v) is 5.45. The molecule has 0 spiro atoms. The molecule has 0 aliphatic rings. The summed E-state index contributed by atoms with van der Waals surface area (Å²) in [5.41, 5.74) is 2.21. The van der Waals surface area contributed by atoms with E-state index in [-0.39, 0.29) is 35.4 Å². The van der Waals surface area contributed by atoms with Gasteiger partial charge in [-0.05, 0) is 37.1 Å². The van der Waals surface area contributed by atoms with Crippen LogP contribution < -0.4 is 5.32 Å². The first-order chi connectivity index (χ1) is 12.9. The van der Waals surface area contributed by atoms with E-state index in [1.807, 2.05) is 56.3 Å². The number of benzene rings is 2. The summed E-state index contributed by atoms with van der Waals surface area (Å²) in [7, 11) is 1.66. The SMILES string of the molecule is CC(C)NC(=O)CN(C)C(=O)CS[C@H](c1ccccc1)c1ccc(Cl)cc1. The second kappa shape index (κ2) is 10.4. The average molecular weight is 405 g/mol. The van der Waals surface area contributed by atoms with Crippen molar-refractivity contribution in [1.29, 1.82) is 0 Å². The first-order valence-corrected chi connectivity index (χ1v) is 10.2. The zero-order valence-corrected chi connectivity index (χ0v) is 17.4. The van der Waals surface area contributed by atoms with Crippen LogP contribution >= 0.6 is 23.4 Å². The summed E-state index contributed by atoms with van der Waals surface area (Å²) in [5.74, 6) is 0.0603. The third kappa shape index (κ3) is 6.92. The van der Waals surface area contributed by atoms with Crippen LogP contribution in [0.15, 0.2) is 54.6 Å². The van der Waals surface area contributed by atoms with Gasteiger partial charge in [-0.15, -0.1) is 11.8 Å². The Hall–Kier alpha value is -1.98. The van der Waals surface area contributed by atoms with Crippen LogP contribution in [-0.2, 0) is 9.59 Å². The maximum Gasteiger partial charge on any atom is 0.239 e. The molecule has 2 aromatic rings. The molecule has 0 aliphatic heterocycles. The van der Waals surface area contributed by atoms with Crippen molar-refractivity contribution in [3.05, 3.63) is 70.7 Å². The number of thioether (sulfide) groups is 1. The van der Waals surface area contributed by atoms with E-state index in [1.165, 1.54) is 4.90 Å². The Labute approximate surface area is 170 Å². The first kappa shape index (κ1) is 21.3. The Bertz CT molecular complexity index is 751. The second-order valence-corrected chi connectivity index (χ2v) is 8.16. The number of hydrogen-bond donors (Lipinski definition) is 1. The van der Waals surface area contributed by atoms with Gasteiger partial charge in [0, 0.05) is 18.1 Å². The highest BCUT2D eigenvalue weighted by atomic mass is 35.5. The lowest BCUT2D eigenvalue weighted by Crippen LogP contribution is -2.41. The van der Waals surface area contributed by atoms with Crippen molar-refractivity contribution >= 4 is 35.2 Å². The molecular weight excluding hydrogens is 380 g/mol. The highest BCUT2D eigenvalue weighted by molar-refractivity contribution is 8.00. The van der Waals surface area contributed by atoms with Gasteiger partial charge >= 0.3 is 0 Å². The minimum atomic E-state index is -0.150. The predicted octanol–water partition coefficient (Wildman–Crippen LogP) is 4.15. The molecule has 0 aromatic heterocycles. The molecular formula is C21H25ClN2O2S. The van der Waals surface area contributed by atoms with Crippen molar-refractivity contribution in [2.75, 3.05) is 19.3 Å². The van der Waals surface area contributed by atoms with Crippen molar-refractivity contribution in [1.82, 2.24) is 10.2 Å². The smallest absolute Gasteiger partial charge is 0.239 e. The minimum Gasteiger partial charge on any atom is -0.352 e. The van der Waals surface area contributed by atoms with Gasteiger partial charge in [0.15, 0.2) is 0 Å². The van der Waals surface area contributed by atoms with Gasteiger partial charge in [0.1, 0.15) is 0 Å². The Balaban J connectivity index is 2.04. The van der Waals surface area contributed by atoms with Gasteiger partial charge in [-0.3, -0.25) is 9.59 Å². The second-order valence-electron chi connectivity index (χ2n) is 6.63. The molecule has 144 valence electrons. The number of hydrogen-bond acceptors (Lipinski definition) is 3. The number of carbonyl (C=O) groups excluding carboxylic acids is 2. The molecule has 0 saturated carbocycles. The molecule has 6 heteroatoms. The van der Waals surface area contributed by atoms with Crippen molar-refractivity contribution in [3.63, 3.8) is 0 Å². The van der Waals surface area contributed by atoms with E-state index in [0.29, 0.717) is 5.02 Å². The van der Waals surface area contributed by atoms with Gasteiger partial charge in [0.25, 0.3) is 0 Å². The molecule has 1 atom stereocenters. The lowest BCUT2D eigenvalue weighted by Gasteiger charge is -2.21. The zero-order chi connectivity index (χ0) is 19.8. The number of halogens is 1. The quantitative estimate of drug-likeness (QED) is 0.719. The molecule has 4 nitrogen and oxygen atoms in total. The molecule has 0 bridgehead atoms. The molecule has 2 aromatic carbocycles. The van der Waals surface area contributed by atoms with Gasteiger partial charge in [-0.2, -0.15) is 0 Å². The van der Waals surface area contributed by atoms with E-state index in [4.69, 9.17) is 11.6 Å². The number of likely N-dealkylation sites (N-methyl/N-ethyl adjacent to an activating group) is 1. The molecule has 0 fully saturated rings. The van der Waals surface area contributed by atoms with Crippen molar-refractivity contribution in [2.24, 2.45) is 0 Å². The number of amides is 2. The molecule has 0 aliphatic carbocycles. The lowest BCUT2D eigenvalue weighted by atomic mass is 10.0. The van der Waals surface area contributed by atoms with E-state index in [0.717, 1.165) is 11.1 Å². The van der Waals surface area contributed by atoms with Crippen LogP contribution in [0.25, 0.3) is 0 Å². The molecule has 2 amide bonds. The molecule has 27 heavy (non-hydrogen) atoms. The van der Waals surface area contributed by atoms with Crippen molar-refractivity contribution in [3.8, 4) is 0 Å². The Kier molecular flexibility index (Phi) is 8.20. The van der Waals surface area contributed by atoms with E-state index in [1.54, 1.807) is 18.8 Å².